The van der Waals surface area contributed by atoms with E-state index in [-0.39, 0.29) is 29.9 Å². The first-order valence-electron chi connectivity index (χ1n) is 16.5. The molecular weight excluding hydrogens is 617 g/mol. The zero-order valence-electron chi connectivity index (χ0n) is 28.3. The van der Waals surface area contributed by atoms with Crippen molar-refractivity contribution in [3.8, 4) is 5.75 Å². The number of esters is 1. The third-order valence-corrected chi connectivity index (χ3v) is 9.19. The van der Waals surface area contributed by atoms with E-state index in [0.29, 0.717) is 49.1 Å². The first-order valence-corrected chi connectivity index (χ1v) is 16.5. The van der Waals surface area contributed by atoms with E-state index in [9.17, 15) is 14.7 Å². The Hall–Kier alpha value is -4.29. The number of aromatic nitrogens is 3. The van der Waals surface area contributed by atoms with Gasteiger partial charge in [0.1, 0.15) is 23.5 Å². The van der Waals surface area contributed by atoms with Gasteiger partial charge in [-0.2, -0.15) is 0 Å². The minimum atomic E-state index is -0.896. The van der Waals surface area contributed by atoms with E-state index in [1.807, 2.05) is 70.3 Å². The van der Waals surface area contributed by atoms with Crippen molar-refractivity contribution in [1.82, 2.24) is 24.8 Å². The molecule has 1 amide bonds. The van der Waals surface area contributed by atoms with Gasteiger partial charge in [0.25, 0.3) is 0 Å². The molecule has 2 aliphatic heterocycles. The first-order chi connectivity index (χ1) is 23.0. The molecule has 1 fully saturated rings. The van der Waals surface area contributed by atoms with Crippen molar-refractivity contribution in [3.63, 3.8) is 0 Å². The van der Waals surface area contributed by atoms with Gasteiger partial charge in [-0.1, -0.05) is 43.3 Å². The molecule has 5 rings (SSSR count). The number of nitrogens with zero attached hydrogens (tertiary/aromatic N) is 5. The molecule has 0 unspecified atom stereocenters. The van der Waals surface area contributed by atoms with Crippen molar-refractivity contribution in [2.45, 2.75) is 64.9 Å². The fourth-order valence-corrected chi connectivity index (χ4v) is 6.13. The third-order valence-electron chi connectivity index (χ3n) is 9.19. The summed E-state index contributed by atoms with van der Waals surface area (Å²) in [6, 6.07) is 10.7. The Labute approximate surface area is 280 Å². The molecule has 0 saturated carbocycles. The number of benzene rings is 2. The van der Waals surface area contributed by atoms with Crippen molar-refractivity contribution in [3.05, 3.63) is 71.1 Å². The van der Waals surface area contributed by atoms with Gasteiger partial charge >= 0.3 is 12.1 Å². The van der Waals surface area contributed by atoms with Crippen LogP contribution in [0, 0.1) is 17.7 Å². The monoisotopic (exact) mass is 663 g/mol. The lowest BCUT2D eigenvalue weighted by molar-refractivity contribution is -0.151. The molecule has 1 saturated heterocycles. The summed E-state index contributed by atoms with van der Waals surface area (Å²) in [6.07, 6.45) is 3.82. The van der Waals surface area contributed by atoms with Gasteiger partial charge in [0.15, 0.2) is 5.82 Å². The van der Waals surface area contributed by atoms with E-state index < -0.39 is 30.1 Å². The second-order valence-electron chi connectivity index (χ2n) is 13.1. The van der Waals surface area contributed by atoms with Gasteiger partial charge in [0, 0.05) is 32.1 Å². The predicted octanol–water partition coefficient (Wildman–Crippen LogP) is 5.07. The summed E-state index contributed by atoms with van der Waals surface area (Å²) in [5.41, 5.74) is 2.87. The average molecular weight is 664 g/mol. The van der Waals surface area contributed by atoms with Crippen molar-refractivity contribution in [1.29, 1.82) is 0 Å². The zero-order valence-corrected chi connectivity index (χ0v) is 28.3. The number of aliphatic hydroxyl groups excluding tert-OH is 1. The van der Waals surface area contributed by atoms with Crippen molar-refractivity contribution < 1.29 is 33.3 Å². The second kappa shape index (κ2) is 15.7. The van der Waals surface area contributed by atoms with Crippen LogP contribution in [0.1, 0.15) is 51.2 Å². The molecule has 0 bridgehead atoms. The summed E-state index contributed by atoms with van der Waals surface area (Å²) in [6.45, 7) is 8.87. The smallest absolute Gasteiger partial charge is 0.410 e. The molecule has 0 aliphatic carbocycles. The number of aliphatic hydroxyl groups is 1. The van der Waals surface area contributed by atoms with Crippen LogP contribution in [0.4, 0.5) is 9.18 Å². The van der Waals surface area contributed by atoms with Crippen molar-refractivity contribution >= 4 is 29.2 Å². The second-order valence-corrected chi connectivity index (χ2v) is 13.1. The van der Waals surface area contributed by atoms with Crippen LogP contribution in [0.3, 0.4) is 0 Å². The number of cyclic esters (lactones) is 1. The number of hydrogen-bond donors (Lipinski definition) is 1. The van der Waals surface area contributed by atoms with Gasteiger partial charge in [-0.3, -0.25) is 4.79 Å². The molecule has 1 aromatic heterocycles. The Bertz CT molecular complexity index is 1630. The van der Waals surface area contributed by atoms with E-state index in [2.05, 4.69) is 15.2 Å². The van der Waals surface area contributed by atoms with Gasteiger partial charge in [-0.15, -0.1) is 5.10 Å². The van der Waals surface area contributed by atoms with Crippen molar-refractivity contribution in [2.24, 2.45) is 11.8 Å². The Morgan fingerprint density at radius 1 is 1.10 bits per heavy atom. The number of hydrogen-bond acceptors (Lipinski definition) is 9. The molecule has 0 spiro atoms. The fraction of sp³-hybridized carbons (Fsp3) is 0.500. The molecule has 1 N–H and O–H groups in total. The fourth-order valence-electron chi connectivity index (χ4n) is 6.13. The minimum Gasteiger partial charge on any atom is -0.497 e. The van der Waals surface area contributed by atoms with Gasteiger partial charge in [-0.25, -0.2) is 13.9 Å². The van der Waals surface area contributed by atoms with E-state index >= 15 is 4.39 Å². The van der Waals surface area contributed by atoms with E-state index in [1.54, 1.807) is 22.8 Å². The van der Waals surface area contributed by atoms with Crippen LogP contribution in [-0.2, 0) is 20.8 Å². The van der Waals surface area contributed by atoms with E-state index in [4.69, 9.17) is 14.2 Å². The third kappa shape index (κ3) is 8.78. The maximum Gasteiger partial charge on any atom is 0.410 e. The number of halogens is 1. The number of likely N-dealkylation sites (N-methyl/N-ethyl adjacent to an activating group) is 1. The Balaban J connectivity index is 1.39. The largest absolute Gasteiger partial charge is 0.497 e. The minimum absolute atomic E-state index is 0.0869. The first kappa shape index (κ1) is 35.0. The number of rotatable bonds is 6. The van der Waals surface area contributed by atoms with Gasteiger partial charge in [-0.05, 0) is 79.8 Å². The summed E-state index contributed by atoms with van der Waals surface area (Å²) >= 11 is 0. The van der Waals surface area contributed by atoms with Gasteiger partial charge < -0.3 is 29.1 Å². The normalized spacial score (nSPS) is 25.6. The maximum absolute atomic E-state index is 15.3. The van der Waals surface area contributed by atoms with Crippen LogP contribution in [0.2, 0.25) is 0 Å². The Morgan fingerprint density at radius 3 is 2.54 bits per heavy atom. The van der Waals surface area contributed by atoms with Crippen molar-refractivity contribution in [2.75, 3.05) is 40.3 Å². The molecule has 2 aliphatic rings. The summed E-state index contributed by atoms with van der Waals surface area (Å²) in [7, 11) is 3.63. The molecule has 11 nitrogen and oxygen atoms in total. The highest BCUT2D eigenvalue weighted by Gasteiger charge is 2.29. The molecule has 12 heteroatoms. The topological polar surface area (TPSA) is 119 Å². The highest BCUT2D eigenvalue weighted by atomic mass is 19.1. The summed E-state index contributed by atoms with van der Waals surface area (Å²) in [4.78, 5) is 29.9. The summed E-state index contributed by atoms with van der Waals surface area (Å²) < 4.78 is 34.1. The lowest BCUT2D eigenvalue weighted by Crippen LogP contribution is -2.48. The molecule has 2 aromatic carbocycles. The van der Waals surface area contributed by atoms with Crippen LogP contribution in [0.25, 0.3) is 17.1 Å². The molecule has 258 valence electrons. The number of amides is 1. The van der Waals surface area contributed by atoms with E-state index in [0.717, 1.165) is 24.4 Å². The molecule has 3 aromatic rings. The molecule has 5 atom stereocenters. The summed E-state index contributed by atoms with van der Waals surface area (Å²) in [5, 5.41) is 18.9. The predicted molar refractivity (Wildman–Crippen MR) is 180 cm³/mol. The van der Waals surface area contributed by atoms with Crippen LogP contribution < -0.4 is 4.74 Å². The number of methoxy groups -OCH3 is 1. The maximum atomic E-state index is 15.3. The van der Waals surface area contributed by atoms with Crippen LogP contribution in [0.15, 0.2) is 54.1 Å². The van der Waals surface area contributed by atoms with E-state index in [1.165, 1.54) is 6.07 Å². The Morgan fingerprint density at radius 2 is 1.83 bits per heavy atom. The van der Waals surface area contributed by atoms with Crippen LogP contribution in [-0.4, -0.2) is 101 Å². The highest BCUT2D eigenvalue weighted by molar-refractivity contribution is 5.79. The number of carbonyl (C=O) groups excluding carboxylic acids is 2. The lowest BCUT2D eigenvalue weighted by atomic mass is 9.91. The lowest BCUT2D eigenvalue weighted by Gasteiger charge is -2.33. The zero-order chi connectivity index (χ0) is 34.4. The number of piperazine rings is 1. The SMILES string of the molecule is COc1ccc(Cn2nnc3c(F)cc(/C=C(\C)[C@H]4OC(=O)C[C@@H](O)CC[C@@H](C)[C@@H](OC(=O)N5CCN(C)CC5)/C=C\[C@@H]4C)cc32)cc1. The number of fused-ring (bicyclic) bond motifs is 1. The number of carbonyl (C=O) groups is 2. The highest BCUT2D eigenvalue weighted by Crippen LogP contribution is 2.27. The standard InChI is InChI=1S/C36H46FN5O6/c1-23-6-10-28(43)21-33(44)48-35(24(2)7-13-32(23)47-36(45)41-16-14-40(4)15-17-41)25(3)18-27-19-30(37)34-31(20-27)42(39-38-34)22-26-8-11-29(46-5)12-9-26/h7-9,11-13,18-20,23-24,28,32,35,43H,6,10,14-17,21-22H2,1-5H3/b13-7-,25-18+/t23-,24+,28+,32+,35+/m1/s1. The van der Waals surface area contributed by atoms with Gasteiger partial charge in [0.2, 0.25) is 0 Å². The Kier molecular flexibility index (Phi) is 11.5. The molecular formula is C36H46FN5O6. The van der Waals surface area contributed by atoms with Crippen LogP contribution in [0.5, 0.6) is 5.75 Å². The van der Waals surface area contributed by atoms with Crippen LogP contribution >= 0.6 is 0 Å². The quantitative estimate of drug-likeness (QED) is 0.285. The average Bonchev–Trinajstić information content (AvgIpc) is 3.47. The number of ether oxygens (including phenoxy) is 3. The molecule has 3 heterocycles. The molecule has 0 radical (unpaired) electrons. The van der Waals surface area contributed by atoms with Gasteiger partial charge in [0.05, 0.1) is 31.7 Å². The molecule has 48 heavy (non-hydrogen) atoms. The summed E-state index contributed by atoms with van der Waals surface area (Å²) in [5.74, 6) is -0.710.